The summed E-state index contributed by atoms with van der Waals surface area (Å²) >= 11 is 0. The van der Waals surface area contributed by atoms with Crippen molar-refractivity contribution in [3.63, 3.8) is 0 Å². The summed E-state index contributed by atoms with van der Waals surface area (Å²) < 4.78 is 12.1. The lowest BCUT2D eigenvalue weighted by atomic mass is 9.75. The third-order valence-electron chi connectivity index (χ3n) is 8.71. The van der Waals surface area contributed by atoms with Crippen LogP contribution in [0.15, 0.2) is 0 Å². The van der Waals surface area contributed by atoms with Crippen molar-refractivity contribution in [1.29, 1.82) is 0 Å². The standard InChI is InChI=1S/C25H44O2.C4H10/c1-3-13-25(14-6-5-7-20-9-11-23-24(16-20)27-23)15-12-21(17-25)22-10-8-19(4-2)18-26-22;1-4(2)3/h19-24H,3-18H2,1-2H3;4H,1-3H3. The van der Waals surface area contributed by atoms with E-state index in [4.69, 9.17) is 9.47 Å². The van der Waals surface area contributed by atoms with Gasteiger partial charge in [0, 0.05) is 6.61 Å². The molecule has 4 rings (SSSR count). The summed E-state index contributed by atoms with van der Waals surface area (Å²) in [6.45, 7) is 12.2. The van der Waals surface area contributed by atoms with Crippen LogP contribution >= 0.6 is 0 Å². The van der Waals surface area contributed by atoms with Gasteiger partial charge in [0.1, 0.15) is 0 Å². The Bertz CT molecular complexity index is 492. The zero-order valence-corrected chi connectivity index (χ0v) is 21.7. The molecule has 0 amide bonds. The summed E-state index contributed by atoms with van der Waals surface area (Å²) in [5.74, 6) is 3.49. The van der Waals surface area contributed by atoms with E-state index in [0.717, 1.165) is 30.3 Å². The Morgan fingerprint density at radius 3 is 2.23 bits per heavy atom. The van der Waals surface area contributed by atoms with E-state index >= 15 is 0 Å². The van der Waals surface area contributed by atoms with E-state index in [0.29, 0.717) is 23.7 Å². The van der Waals surface area contributed by atoms with E-state index in [1.54, 1.807) is 0 Å². The molecule has 0 radical (unpaired) electrons. The molecule has 0 bridgehead atoms. The second-order valence-electron chi connectivity index (χ2n) is 12.3. The Morgan fingerprint density at radius 2 is 1.58 bits per heavy atom. The van der Waals surface area contributed by atoms with E-state index in [9.17, 15) is 0 Å². The Morgan fingerprint density at radius 1 is 0.839 bits per heavy atom. The average molecular weight is 435 g/mol. The first-order chi connectivity index (χ1) is 14.9. The van der Waals surface area contributed by atoms with Gasteiger partial charge in [-0.05, 0) is 93.3 Å². The molecule has 31 heavy (non-hydrogen) atoms. The molecule has 2 saturated carbocycles. The van der Waals surface area contributed by atoms with E-state index in [1.807, 2.05) is 0 Å². The molecule has 7 unspecified atom stereocenters. The minimum absolute atomic E-state index is 0.584. The van der Waals surface area contributed by atoms with Crippen LogP contribution in [0.5, 0.6) is 0 Å². The Labute approximate surface area is 194 Å². The average Bonchev–Trinajstić information content (AvgIpc) is 3.42. The number of ether oxygens (including phenoxy) is 2. The van der Waals surface area contributed by atoms with Crippen molar-refractivity contribution >= 4 is 0 Å². The van der Waals surface area contributed by atoms with Gasteiger partial charge in [0.05, 0.1) is 18.3 Å². The molecule has 2 heteroatoms. The normalized spacial score (nSPS) is 39.7. The van der Waals surface area contributed by atoms with Gasteiger partial charge < -0.3 is 9.47 Å². The number of hydrogen-bond donors (Lipinski definition) is 0. The molecule has 2 saturated heterocycles. The molecule has 2 aliphatic heterocycles. The van der Waals surface area contributed by atoms with Crippen LogP contribution in [-0.2, 0) is 9.47 Å². The monoisotopic (exact) mass is 434 g/mol. The van der Waals surface area contributed by atoms with Gasteiger partial charge in [0.25, 0.3) is 0 Å². The minimum Gasteiger partial charge on any atom is -0.378 e. The first-order valence-corrected chi connectivity index (χ1v) is 14.2. The molecule has 4 fully saturated rings. The van der Waals surface area contributed by atoms with Gasteiger partial charge in [-0.1, -0.05) is 66.7 Å². The quantitative estimate of drug-likeness (QED) is 0.268. The third-order valence-corrected chi connectivity index (χ3v) is 8.71. The van der Waals surface area contributed by atoms with Crippen LogP contribution in [-0.4, -0.2) is 24.9 Å². The van der Waals surface area contributed by atoms with Gasteiger partial charge in [0.2, 0.25) is 0 Å². The van der Waals surface area contributed by atoms with Gasteiger partial charge in [-0.2, -0.15) is 0 Å². The van der Waals surface area contributed by atoms with Crippen molar-refractivity contribution in [3.8, 4) is 0 Å². The summed E-state index contributed by atoms with van der Waals surface area (Å²) in [6.07, 6.45) is 23.1. The maximum Gasteiger partial charge on any atom is 0.0844 e. The van der Waals surface area contributed by atoms with Crippen LogP contribution in [0.25, 0.3) is 0 Å². The van der Waals surface area contributed by atoms with Crippen LogP contribution < -0.4 is 0 Å². The molecule has 0 aromatic carbocycles. The highest BCUT2D eigenvalue weighted by atomic mass is 16.6. The van der Waals surface area contributed by atoms with Gasteiger partial charge in [0.15, 0.2) is 0 Å². The second kappa shape index (κ2) is 12.4. The molecule has 0 aromatic heterocycles. The molecule has 0 N–H and O–H groups in total. The van der Waals surface area contributed by atoms with Gasteiger partial charge in [-0.15, -0.1) is 0 Å². The lowest BCUT2D eigenvalue weighted by Crippen LogP contribution is -2.31. The molecule has 182 valence electrons. The molecule has 2 nitrogen and oxygen atoms in total. The van der Waals surface area contributed by atoms with E-state index in [2.05, 4.69) is 34.6 Å². The molecule has 7 atom stereocenters. The summed E-state index contributed by atoms with van der Waals surface area (Å²) in [5, 5.41) is 0. The summed E-state index contributed by atoms with van der Waals surface area (Å²) in [4.78, 5) is 0. The van der Waals surface area contributed by atoms with Crippen molar-refractivity contribution in [2.45, 2.75) is 149 Å². The second-order valence-corrected chi connectivity index (χ2v) is 12.3. The molecule has 0 aromatic rings. The maximum absolute atomic E-state index is 6.34. The largest absolute Gasteiger partial charge is 0.378 e. The lowest BCUT2D eigenvalue weighted by molar-refractivity contribution is -0.0492. The van der Waals surface area contributed by atoms with Crippen LogP contribution in [0.3, 0.4) is 0 Å². The highest BCUT2D eigenvalue weighted by Crippen LogP contribution is 2.51. The predicted molar refractivity (Wildman–Crippen MR) is 132 cm³/mol. The third kappa shape index (κ3) is 8.02. The van der Waals surface area contributed by atoms with Crippen LogP contribution in [0, 0.1) is 29.1 Å². The topological polar surface area (TPSA) is 21.8 Å². The van der Waals surface area contributed by atoms with Crippen LogP contribution in [0.1, 0.15) is 131 Å². The van der Waals surface area contributed by atoms with Crippen molar-refractivity contribution in [2.75, 3.05) is 6.61 Å². The molecule has 2 aliphatic carbocycles. The SMILES string of the molecule is CC(C)C.CCCC1(CCCCC2CCC3OC3C2)CCC(C2CCC(CC)CO2)C1. The molecule has 4 aliphatic rings. The van der Waals surface area contributed by atoms with Gasteiger partial charge in [-0.3, -0.25) is 0 Å². The maximum atomic E-state index is 6.34. The lowest BCUT2D eigenvalue weighted by Gasteiger charge is -2.34. The highest BCUT2D eigenvalue weighted by Gasteiger charge is 2.44. The molecular weight excluding hydrogens is 380 g/mol. The Balaban J connectivity index is 0.000000628. The van der Waals surface area contributed by atoms with Gasteiger partial charge >= 0.3 is 0 Å². The Hall–Kier alpha value is -0.0800. The number of fused-ring (bicyclic) bond motifs is 1. The number of rotatable bonds is 9. The predicted octanol–water partition coefficient (Wildman–Crippen LogP) is 8.57. The fourth-order valence-corrected chi connectivity index (χ4v) is 6.88. The van der Waals surface area contributed by atoms with Gasteiger partial charge in [-0.25, -0.2) is 0 Å². The van der Waals surface area contributed by atoms with Crippen molar-refractivity contribution in [2.24, 2.45) is 29.1 Å². The Kier molecular flexibility index (Phi) is 10.2. The first kappa shape index (κ1) is 25.5. The van der Waals surface area contributed by atoms with Crippen molar-refractivity contribution in [3.05, 3.63) is 0 Å². The number of unbranched alkanes of at least 4 members (excludes halogenated alkanes) is 1. The highest BCUT2D eigenvalue weighted by molar-refractivity contribution is 4.94. The molecule has 2 heterocycles. The zero-order chi connectivity index (χ0) is 22.3. The molecular formula is C29H54O2. The summed E-state index contributed by atoms with van der Waals surface area (Å²) in [5.41, 5.74) is 0.654. The van der Waals surface area contributed by atoms with Crippen molar-refractivity contribution < 1.29 is 9.47 Å². The van der Waals surface area contributed by atoms with Crippen LogP contribution in [0.2, 0.25) is 0 Å². The number of epoxide rings is 1. The molecule has 0 spiro atoms. The van der Waals surface area contributed by atoms with E-state index in [-0.39, 0.29) is 0 Å². The van der Waals surface area contributed by atoms with Crippen LogP contribution in [0.4, 0.5) is 0 Å². The first-order valence-electron chi connectivity index (χ1n) is 14.2. The minimum atomic E-state index is 0.584. The zero-order valence-electron chi connectivity index (χ0n) is 21.7. The fraction of sp³-hybridized carbons (Fsp3) is 1.00. The van der Waals surface area contributed by atoms with Crippen molar-refractivity contribution in [1.82, 2.24) is 0 Å². The number of hydrogen-bond acceptors (Lipinski definition) is 2. The van der Waals surface area contributed by atoms with E-state index in [1.165, 1.54) is 96.3 Å². The smallest absolute Gasteiger partial charge is 0.0844 e. The fourth-order valence-electron chi connectivity index (χ4n) is 6.88. The summed E-state index contributed by atoms with van der Waals surface area (Å²) in [6, 6.07) is 0. The van der Waals surface area contributed by atoms with E-state index < -0.39 is 0 Å². The summed E-state index contributed by atoms with van der Waals surface area (Å²) in [7, 11) is 0.